The van der Waals surface area contributed by atoms with E-state index in [1.54, 1.807) is 19.1 Å². The minimum Gasteiger partial charge on any atom is -0.497 e. The number of rotatable bonds is 3. The monoisotopic (exact) mass is 337 g/mol. The van der Waals surface area contributed by atoms with Crippen LogP contribution in [0.3, 0.4) is 0 Å². The highest BCUT2D eigenvalue weighted by Crippen LogP contribution is 2.36. The Morgan fingerprint density at radius 3 is 2.70 bits per heavy atom. The topological polar surface area (TPSA) is 55.8 Å². The average Bonchev–Trinajstić information content (AvgIpc) is 2.53. The minimum atomic E-state index is -3.82. The SMILES string of the molecule is COc1ccc(S(=O)(=O)N2CCOc3ccc(F)cc32)c(C)c1. The van der Waals surface area contributed by atoms with Gasteiger partial charge in [-0.15, -0.1) is 0 Å². The molecule has 23 heavy (non-hydrogen) atoms. The van der Waals surface area contributed by atoms with Gasteiger partial charge in [-0.05, 0) is 42.8 Å². The lowest BCUT2D eigenvalue weighted by molar-refractivity contribution is 0.315. The quantitative estimate of drug-likeness (QED) is 0.864. The minimum absolute atomic E-state index is 0.129. The van der Waals surface area contributed by atoms with E-state index in [0.717, 1.165) is 0 Å². The van der Waals surface area contributed by atoms with Crippen LogP contribution in [0.5, 0.6) is 11.5 Å². The summed E-state index contributed by atoms with van der Waals surface area (Å²) in [6.45, 7) is 2.04. The normalized spacial score (nSPS) is 14.1. The molecule has 1 aliphatic rings. The number of ether oxygens (including phenoxy) is 2. The fourth-order valence-electron chi connectivity index (χ4n) is 2.57. The number of anilines is 1. The summed E-state index contributed by atoms with van der Waals surface area (Å²) in [5, 5.41) is 0. The number of sulfonamides is 1. The summed E-state index contributed by atoms with van der Waals surface area (Å²) in [5.74, 6) is 0.420. The van der Waals surface area contributed by atoms with Crippen LogP contribution in [0.2, 0.25) is 0 Å². The molecule has 0 aromatic heterocycles. The van der Waals surface area contributed by atoms with E-state index < -0.39 is 15.8 Å². The van der Waals surface area contributed by atoms with Gasteiger partial charge >= 0.3 is 0 Å². The molecular weight excluding hydrogens is 321 g/mol. The third-order valence-corrected chi connectivity index (χ3v) is 5.67. The van der Waals surface area contributed by atoms with Gasteiger partial charge in [0.05, 0.1) is 24.2 Å². The van der Waals surface area contributed by atoms with Crippen LogP contribution in [0.1, 0.15) is 5.56 Å². The van der Waals surface area contributed by atoms with Crippen molar-refractivity contribution in [2.24, 2.45) is 0 Å². The van der Waals surface area contributed by atoms with E-state index in [1.807, 2.05) is 0 Å². The van der Waals surface area contributed by atoms with E-state index in [2.05, 4.69) is 0 Å². The second-order valence-electron chi connectivity index (χ2n) is 5.17. The van der Waals surface area contributed by atoms with Gasteiger partial charge in [0.1, 0.15) is 23.9 Å². The highest BCUT2D eigenvalue weighted by Gasteiger charge is 2.31. The molecule has 0 N–H and O–H groups in total. The molecule has 0 fully saturated rings. The van der Waals surface area contributed by atoms with Crippen molar-refractivity contribution in [2.75, 3.05) is 24.6 Å². The Kier molecular flexibility index (Phi) is 3.89. The molecule has 122 valence electrons. The van der Waals surface area contributed by atoms with Crippen LogP contribution in [-0.2, 0) is 10.0 Å². The maximum Gasteiger partial charge on any atom is 0.264 e. The number of nitrogens with zero attached hydrogens (tertiary/aromatic N) is 1. The fraction of sp³-hybridized carbons (Fsp3) is 0.250. The summed E-state index contributed by atoms with van der Waals surface area (Å²) in [7, 11) is -2.30. The predicted molar refractivity (Wildman–Crippen MR) is 84.2 cm³/mol. The van der Waals surface area contributed by atoms with Gasteiger partial charge in [-0.1, -0.05) is 0 Å². The van der Waals surface area contributed by atoms with Gasteiger partial charge in [0.25, 0.3) is 10.0 Å². The van der Waals surface area contributed by atoms with E-state index in [4.69, 9.17) is 9.47 Å². The Labute approximate surface area is 134 Å². The molecule has 0 atom stereocenters. The molecule has 7 heteroatoms. The number of aryl methyl sites for hydroxylation is 1. The first-order valence-electron chi connectivity index (χ1n) is 7.03. The Bertz CT molecular complexity index is 851. The molecule has 0 aliphatic carbocycles. The number of fused-ring (bicyclic) bond motifs is 1. The summed E-state index contributed by atoms with van der Waals surface area (Å²) in [4.78, 5) is 0.162. The predicted octanol–water partition coefficient (Wildman–Crippen LogP) is 2.73. The smallest absolute Gasteiger partial charge is 0.264 e. The zero-order chi connectivity index (χ0) is 16.6. The summed E-state index contributed by atoms with van der Waals surface area (Å²) in [6, 6.07) is 8.59. The third-order valence-electron chi connectivity index (χ3n) is 3.69. The van der Waals surface area contributed by atoms with Crippen LogP contribution in [-0.4, -0.2) is 28.7 Å². The van der Waals surface area contributed by atoms with E-state index in [-0.39, 0.29) is 23.7 Å². The molecule has 2 aromatic carbocycles. The van der Waals surface area contributed by atoms with Crippen molar-refractivity contribution in [2.45, 2.75) is 11.8 Å². The van der Waals surface area contributed by atoms with Crippen molar-refractivity contribution >= 4 is 15.7 Å². The van der Waals surface area contributed by atoms with Crippen LogP contribution >= 0.6 is 0 Å². The molecule has 1 heterocycles. The molecule has 0 spiro atoms. The average molecular weight is 337 g/mol. The molecule has 0 unspecified atom stereocenters. The van der Waals surface area contributed by atoms with Gasteiger partial charge in [-0.3, -0.25) is 4.31 Å². The van der Waals surface area contributed by atoms with Crippen molar-refractivity contribution in [1.82, 2.24) is 0 Å². The molecule has 0 saturated carbocycles. The van der Waals surface area contributed by atoms with Crippen LogP contribution < -0.4 is 13.8 Å². The van der Waals surface area contributed by atoms with Gasteiger partial charge in [-0.25, -0.2) is 12.8 Å². The van der Waals surface area contributed by atoms with Gasteiger partial charge in [-0.2, -0.15) is 0 Å². The van der Waals surface area contributed by atoms with E-state index in [9.17, 15) is 12.8 Å². The van der Waals surface area contributed by atoms with Crippen LogP contribution in [0.25, 0.3) is 0 Å². The van der Waals surface area contributed by atoms with Crippen molar-refractivity contribution in [3.05, 3.63) is 47.8 Å². The lowest BCUT2D eigenvalue weighted by Gasteiger charge is -2.30. The molecule has 5 nitrogen and oxygen atoms in total. The Balaban J connectivity index is 2.10. The zero-order valence-electron chi connectivity index (χ0n) is 12.7. The van der Waals surface area contributed by atoms with Gasteiger partial charge in [0.2, 0.25) is 0 Å². The summed E-state index contributed by atoms with van der Waals surface area (Å²) in [5.41, 5.74) is 0.778. The number of halogens is 1. The maximum atomic E-state index is 13.5. The molecule has 1 aliphatic heterocycles. The highest BCUT2D eigenvalue weighted by molar-refractivity contribution is 7.92. The van der Waals surface area contributed by atoms with Gasteiger partial charge < -0.3 is 9.47 Å². The van der Waals surface area contributed by atoms with Crippen LogP contribution in [0.15, 0.2) is 41.3 Å². The van der Waals surface area contributed by atoms with Crippen LogP contribution in [0.4, 0.5) is 10.1 Å². The Morgan fingerprint density at radius 2 is 2.00 bits per heavy atom. The lowest BCUT2D eigenvalue weighted by atomic mass is 10.2. The summed E-state index contributed by atoms with van der Waals surface area (Å²) in [6.07, 6.45) is 0. The highest BCUT2D eigenvalue weighted by atomic mass is 32.2. The first-order valence-corrected chi connectivity index (χ1v) is 8.47. The summed E-state index contributed by atoms with van der Waals surface area (Å²) < 4.78 is 51.2. The second-order valence-corrected chi connectivity index (χ2v) is 7.00. The first kappa shape index (κ1) is 15.6. The number of hydrogen-bond acceptors (Lipinski definition) is 4. The number of hydrogen-bond donors (Lipinski definition) is 0. The molecule has 3 rings (SSSR count). The van der Waals surface area contributed by atoms with Crippen molar-refractivity contribution in [3.8, 4) is 11.5 Å². The van der Waals surface area contributed by atoms with Gasteiger partial charge in [0.15, 0.2) is 0 Å². The molecule has 0 bridgehead atoms. The number of benzene rings is 2. The standard InChI is InChI=1S/C16H16FNO4S/c1-11-9-13(21-2)4-6-16(11)23(19,20)18-7-8-22-15-5-3-12(17)10-14(15)18/h3-6,9-10H,7-8H2,1-2H3. The summed E-state index contributed by atoms with van der Waals surface area (Å²) >= 11 is 0. The maximum absolute atomic E-state index is 13.5. The fourth-order valence-corrected chi connectivity index (χ4v) is 4.23. The largest absolute Gasteiger partial charge is 0.497 e. The molecule has 2 aromatic rings. The lowest BCUT2D eigenvalue weighted by Crippen LogP contribution is -2.38. The Hall–Kier alpha value is -2.28. The number of methoxy groups -OCH3 is 1. The van der Waals surface area contributed by atoms with E-state index in [1.165, 1.54) is 35.7 Å². The van der Waals surface area contributed by atoms with E-state index >= 15 is 0 Å². The molecular formula is C16H16FNO4S. The van der Waals surface area contributed by atoms with E-state index in [0.29, 0.717) is 17.1 Å². The molecule has 0 radical (unpaired) electrons. The third kappa shape index (κ3) is 2.72. The first-order chi connectivity index (χ1) is 10.9. The van der Waals surface area contributed by atoms with Crippen LogP contribution in [0, 0.1) is 12.7 Å². The zero-order valence-corrected chi connectivity index (χ0v) is 13.6. The van der Waals surface area contributed by atoms with Crippen molar-refractivity contribution < 1.29 is 22.3 Å². The Morgan fingerprint density at radius 1 is 1.22 bits per heavy atom. The second kappa shape index (κ2) is 5.73. The van der Waals surface area contributed by atoms with Gasteiger partial charge in [0, 0.05) is 6.07 Å². The van der Waals surface area contributed by atoms with Crippen molar-refractivity contribution in [3.63, 3.8) is 0 Å². The molecule has 0 amide bonds. The van der Waals surface area contributed by atoms with Crippen molar-refractivity contribution in [1.29, 1.82) is 0 Å². The molecule has 0 saturated heterocycles.